The second kappa shape index (κ2) is 5.21. The number of hydrogen-bond donors (Lipinski definition) is 1. The fourth-order valence-electron chi connectivity index (χ4n) is 1.94. The van der Waals surface area contributed by atoms with Crippen molar-refractivity contribution in [2.75, 3.05) is 14.2 Å². The van der Waals surface area contributed by atoms with Crippen molar-refractivity contribution < 1.29 is 9.47 Å². The molecular formula is C13H21NO2. The third kappa shape index (κ3) is 2.30. The molecule has 1 aromatic rings. The topological polar surface area (TPSA) is 44.5 Å². The number of hydrogen-bond acceptors (Lipinski definition) is 3. The van der Waals surface area contributed by atoms with Crippen molar-refractivity contribution in [2.45, 2.75) is 32.7 Å². The molecule has 0 saturated heterocycles. The van der Waals surface area contributed by atoms with Crippen molar-refractivity contribution >= 4 is 0 Å². The molecule has 1 atom stereocenters. The van der Waals surface area contributed by atoms with Gasteiger partial charge in [-0.3, -0.25) is 0 Å². The minimum Gasteiger partial charge on any atom is -0.493 e. The molecule has 0 bridgehead atoms. The molecule has 0 aliphatic carbocycles. The second-order valence-electron chi connectivity index (χ2n) is 4.25. The standard InChI is InChI=1S/C13H21NO2/c1-8(2)10-6-7-11(15-4)13(16-5)12(10)9(3)14/h6-9H,14H2,1-5H3. The van der Waals surface area contributed by atoms with Crippen molar-refractivity contribution in [1.82, 2.24) is 0 Å². The quantitative estimate of drug-likeness (QED) is 0.853. The number of nitrogens with two attached hydrogens (primary N) is 1. The van der Waals surface area contributed by atoms with Crippen LogP contribution >= 0.6 is 0 Å². The van der Waals surface area contributed by atoms with Crippen molar-refractivity contribution in [3.05, 3.63) is 23.3 Å². The van der Waals surface area contributed by atoms with Crippen LogP contribution in [0.15, 0.2) is 12.1 Å². The van der Waals surface area contributed by atoms with E-state index in [4.69, 9.17) is 15.2 Å². The molecule has 16 heavy (non-hydrogen) atoms. The molecule has 1 unspecified atom stereocenters. The lowest BCUT2D eigenvalue weighted by molar-refractivity contribution is 0.349. The fourth-order valence-corrected chi connectivity index (χ4v) is 1.94. The average Bonchev–Trinajstić information content (AvgIpc) is 2.26. The van der Waals surface area contributed by atoms with Gasteiger partial charge in [0.05, 0.1) is 14.2 Å². The largest absolute Gasteiger partial charge is 0.493 e. The fraction of sp³-hybridized carbons (Fsp3) is 0.538. The lowest BCUT2D eigenvalue weighted by Gasteiger charge is -2.21. The second-order valence-corrected chi connectivity index (χ2v) is 4.25. The first-order chi connectivity index (χ1) is 7.52. The summed E-state index contributed by atoms with van der Waals surface area (Å²) in [4.78, 5) is 0. The number of methoxy groups -OCH3 is 2. The Kier molecular flexibility index (Phi) is 4.19. The van der Waals surface area contributed by atoms with Crippen molar-refractivity contribution in [2.24, 2.45) is 5.73 Å². The van der Waals surface area contributed by atoms with Crippen LogP contribution in [0.3, 0.4) is 0 Å². The van der Waals surface area contributed by atoms with Gasteiger partial charge in [0, 0.05) is 11.6 Å². The van der Waals surface area contributed by atoms with Gasteiger partial charge >= 0.3 is 0 Å². The normalized spacial score (nSPS) is 12.7. The molecule has 0 amide bonds. The Balaban J connectivity index is 3.44. The van der Waals surface area contributed by atoms with E-state index < -0.39 is 0 Å². The Morgan fingerprint density at radius 3 is 2.06 bits per heavy atom. The molecule has 1 aromatic carbocycles. The smallest absolute Gasteiger partial charge is 0.165 e. The molecular weight excluding hydrogens is 202 g/mol. The average molecular weight is 223 g/mol. The first-order valence-corrected chi connectivity index (χ1v) is 5.53. The molecule has 0 aromatic heterocycles. The van der Waals surface area contributed by atoms with Crippen molar-refractivity contribution in [1.29, 1.82) is 0 Å². The number of ether oxygens (including phenoxy) is 2. The van der Waals surface area contributed by atoms with Crippen LogP contribution in [0, 0.1) is 0 Å². The first kappa shape index (κ1) is 12.8. The summed E-state index contributed by atoms with van der Waals surface area (Å²) in [5.41, 5.74) is 8.27. The predicted molar refractivity (Wildman–Crippen MR) is 66.2 cm³/mol. The lowest BCUT2D eigenvalue weighted by atomic mass is 9.92. The molecule has 0 spiro atoms. The monoisotopic (exact) mass is 223 g/mol. The summed E-state index contributed by atoms with van der Waals surface area (Å²) in [7, 11) is 3.28. The van der Waals surface area contributed by atoms with Crippen LogP contribution in [0.1, 0.15) is 43.9 Å². The van der Waals surface area contributed by atoms with Gasteiger partial charge in [-0.05, 0) is 24.5 Å². The van der Waals surface area contributed by atoms with E-state index in [0.29, 0.717) is 5.92 Å². The highest BCUT2D eigenvalue weighted by Gasteiger charge is 2.19. The molecule has 2 N–H and O–H groups in total. The maximum Gasteiger partial charge on any atom is 0.165 e. The Hall–Kier alpha value is -1.22. The zero-order valence-electron chi connectivity index (χ0n) is 10.7. The Labute approximate surface area is 97.6 Å². The summed E-state index contributed by atoms with van der Waals surface area (Å²) >= 11 is 0. The molecule has 0 saturated carbocycles. The first-order valence-electron chi connectivity index (χ1n) is 5.53. The maximum atomic E-state index is 6.02. The van der Waals surface area contributed by atoms with E-state index in [1.54, 1.807) is 14.2 Å². The van der Waals surface area contributed by atoms with Crippen LogP contribution in [0.2, 0.25) is 0 Å². The van der Waals surface area contributed by atoms with Gasteiger partial charge in [-0.25, -0.2) is 0 Å². The summed E-state index contributed by atoms with van der Waals surface area (Å²) in [5, 5.41) is 0. The Bertz CT molecular complexity index is 359. The van der Waals surface area contributed by atoms with Crippen LogP contribution in [-0.2, 0) is 0 Å². The molecule has 0 heterocycles. The highest BCUT2D eigenvalue weighted by molar-refractivity contribution is 5.53. The molecule has 0 radical (unpaired) electrons. The predicted octanol–water partition coefficient (Wildman–Crippen LogP) is 2.85. The van der Waals surface area contributed by atoms with Crippen LogP contribution in [0.25, 0.3) is 0 Å². The SMILES string of the molecule is COc1ccc(C(C)C)c(C(C)N)c1OC. The molecule has 3 nitrogen and oxygen atoms in total. The zero-order valence-corrected chi connectivity index (χ0v) is 10.7. The third-order valence-corrected chi connectivity index (χ3v) is 2.70. The van der Waals surface area contributed by atoms with Crippen LogP contribution < -0.4 is 15.2 Å². The van der Waals surface area contributed by atoms with Gasteiger partial charge in [-0.2, -0.15) is 0 Å². The van der Waals surface area contributed by atoms with E-state index >= 15 is 0 Å². The summed E-state index contributed by atoms with van der Waals surface area (Å²) in [6, 6.07) is 3.92. The van der Waals surface area contributed by atoms with E-state index in [0.717, 1.165) is 17.1 Å². The van der Waals surface area contributed by atoms with E-state index in [-0.39, 0.29) is 6.04 Å². The molecule has 1 rings (SSSR count). The lowest BCUT2D eigenvalue weighted by Crippen LogP contribution is -2.12. The minimum atomic E-state index is -0.0672. The Morgan fingerprint density at radius 1 is 1.06 bits per heavy atom. The Morgan fingerprint density at radius 2 is 1.69 bits per heavy atom. The van der Waals surface area contributed by atoms with E-state index in [2.05, 4.69) is 19.9 Å². The number of rotatable bonds is 4. The zero-order chi connectivity index (χ0) is 12.3. The summed E-state index contributed by atoms with van der Waals surface area (Å²) in [6.07, 6.45) is 0. The summed E-state index contributed by atoms with van der Waals surface area (Å²) < 4.78 is 10.7. The van der Waals surface area contributed by atoms with Crippen molar-refractivity contribution in [3.63, 3.8) is 0 Å². The van der Waals surface area contributed by atoms with Gasteiger partial charge in [-0.15, -0.1) is 0 Å². The van der Waals surface area contributed by atoms with Crippen LogP contribution in [-0.4, -0.2) is 14.2 Å². The third-order valence-electron chi connectivity index (χ3n) is 2.70. The molecule has 0 aliphatic rings. The highest BCUT2D eigenvalue weighted by atomic mass is 16.5. The molecule has 90 valence electrons. The number of benzene rings is 1. The van der Waals surface area contributed by atoms with Crippen LogP contribution in [0.5, 0.6) is 11.5 Å². The van der Waals surface area contributed by atoms with Gasteiger partial charge in [0.1, 0.15) is 0 Å². The van der Waals surface area contributed by atoms with E-state index in [1.807, 2.05) is 13.0 Å². The van der Waals surface area contributed by atoms with E-state index in [9.17, 15) is 0 Å². The maximum absolute atomic E-state index is 6.02. The van der Waals surface area contributed by atoms with Crippen LogP contribution in [0.4, 0.5) is 0 Å². The van der Waals surface area contributed by atoms with Gasteiger partial charge < -0.3 is 15.2 Å². The van der Waals surface area contributed by atoms with Crippen molar-refractivity contribution in [3.8, 4) is 11.5 Å². The summed E-state index contributed by atoms with van der Waals surface area (Å²) in [5.74, 6) is 1.91. The van der Waals surface area contributed by atoms with Gasteiger partial charge in [0.2, 0.25) is 0 Å². The van der Waals surface area contributed by atoms with Gasteiger partial charge in [-0.1, -0.05) is 19.9 Å². The molecule has 0 fully saturated rings. The molecule has 0 aliphatic heterocycles. The highest BCUT2D eigenvalue weighted by Crippen LogP contribution is 2.39. The van der Waals surface area contributed by atoms with Gasteiger partial charge in [0.15, 0.2) is 11.5 Å². The minimum absolute atomic E-state index is 0.0672. The molecule has 3 heteroatoms. The summed E-state index contributed by atoms with van der Waals surface area (Å²) in [6.45, 7) is 6.25. The van der Waals surface area contributed by atoms with E-state index in [1.165, 1.54) is 5.56 Å². The van der Waals surface area contributed by atoms with Gasteiger partial charge in [0.25, 0.3) is 0 Å².